The fourth-order valence-corrected chi connectivity index (χ4v) is 1.31. The lowest BCUT2D eigenvalue weighted by molar-refractivity contribution is -0.144. The predicted octanol–water partition coefficient (Wildman–Crippen LogP) is 0.481. The Bertz CT molecular complexity index is 282. The van der Waals surface area contributed by atoms with Crippen molar-refractivity contribution < 1.29 is 38.4 Å². The molecule has 0 saturated heterocycles. The molecule has 0 heterocycles. The fraction of sp³-hybridized carbons (Fsp3) is 0.857. The van der Waals surface area contributed by atoms with Gasteiger partial charge >= 0.3 is 11.9 Å². The van der Waals surface area contributed by atoms with Crippen LogP contribution in [0, 0.1) is 0 Å². The van der Waals surface area contributed by atoms with Crippen molar-refractivity contribution in [3.05, 3.63) is 0 Å². The van der Waals surface area contributed by atoms with Gasteiger partial charge in [0.25, 0.3) is 0 Å². The molecule has 8 heteroatoms. The topological polar surface area (TPSA) is 101 Å². The zero-order chi connectivity index (χ0) is 16.5. The molecule has 0 unspecified atom stereocenters. The van der Waals surface area contributed by atoms with Gasteiger partial charge in [-0.2, -0.15) is 0 Å². The van der Waals surface area contributed by atoms with Crippen molar-refractivity contribution >= 4 is 11.9 Å². The van der Waals surface area contributed by atoms with Gasteiger partial charge in [0.05, 0.1) is 72.3 Å². The number of rotatable bonds is 16. The number of carbonyl (C=O) groups is 2. The second-order valence-corrected chi connectivity index (χ2v) is 4.15. The van der Waals surface area contributed by atoms with Crippen LogP contribution in [0.4, 0.5) is 0 Å². The van der Waals surface area contributed by atoms with Crippen molar-refractivity contribution in [2.45, 2.75) is 19.8 Å². The highest BCUT2D eigenvalue weighted by molar-refractivity contribution is 5.69. The van der Waals surface area contributed by atoms with Crippen molar-refractivity contribution in [2.75, 3.05) is 59.5 Å². The SMILES string of the molecule is CCOC(=O)CCOCCOCCOCCOCCC(=O)O. The highest BCUT2D eigenvalue weighted by atomic mass is 16.6. The molecule has 0 aliphatic carbocycles. The molecule has 22 heavy (non-hydrogen) atoms. The Balaban J connectivity index is 3.05. The molecule has 0 bridgehead atoms. The Kier molecular flexibility index (Phi) is 15.3. The molecular weight excluding hydrogens is 296 g/mol. The van der Waals surface area contributed by atoms with Gasteiger partial charge in [0.2, 0.25) is 0 Å². The molecule has 0 atom stereocenters. The van der Waals surface area contributed by atoms with Gasteiger partial charge in [0, 0.05) is 0 Å². The Morgan fingerprint density at radius 3 is 1.55 bits per heavy atom. The lowest BCUT2D eigenvalue weighted by Gasteiger charge is -2.07. The quantitative estimate of drug-likeness (QED) is 0.323. The average Bonchev–Trinajstić information content (AvgIpc) is 2.47. The molecule has 130 valence electrons. The number of carbonyl (C=O) groups excluding carboxylic acids is 1. The molecular formula is C14H26O8. The molecule has 8 nitrogen and oxygen atoms in total. The van der Waals surface area contributed by atoms with E-state index in [9.17, 15) is 9.59 Å². The number of esters is 1. The first-order chi connectivity index (χ1) is 10.7. The largest absolute Gasteiger partial charge is 0.481 e. The van der Waals surface area contributed by atoms with Crippen molar-refractivity contribution in [1.29, 1.82) is 0 Å². The van der Waals surface area contributed by atoms with Crippen molar-refractivity contribution in [3.8, 4) is 0 Å². The molecule has 0 aromatic heterocycles. The summed E-state index contributed by atoms with van der Waals surface area (Å²) >= 11 is 0. The Morgan fingerprint density at radius 1 is 0.727 bits per heavy atom. The summed E-state index contributed by atoms with van der Waals surface area (Å²) in [5.74, 6) is -1.14. The summed E-state index contributed by atoms with van der Waals surface area (Å²) in [6.45, 7) is 5.15. The van der Waals surface area contributed by atoms with Crippen molar-refractivity contribution in [2.24, 2.45) is 0 Å². The van der Waals surface area contributed by atoms with Gasteiger partial charge < -0.3 is 28.8 Å². The zero-order valence-electron chi connectivity index (χ0n) is 13.1. The Labute approximate surface area is 130 Å². The maximum Gasteiger partial charge on any atom is 0.308 e. The first-order valence-electron chi connectivity index (χ1n) is 7.35. The normalized spacial score (nSPS) is 10.6. The summed E-state index contributed by atoms with van der Waals surface area (Å²) < 4.78 is 25.5. The lowest BCUT2D eigenvalue weighted by atomic mass is 10.5. The molecule has 0 saturated carbocycles. The van der Waals surface area contributed by atoms with Crippen LogP contribution >= 0.6 is 0 Å². The van der Waals surface area contributed by atoms with Crippen LogP contribution in [-0.2, 0) is 33.3 Å². The smallest absolute Gasteiger partial charge is 0.308 e. The van der Waals surface area contributed by atoms with Gasteiger partial charge in [-0.25, -0.2) is 0 Å². The Hall–Kier alpha value is -1.22. The maximum atomic E-state index is 11.0. The first kappa shape index (κ1) is 20.8. The molecule has 0 fully saturated rings. The molecule has 0 spiro atoms. The first-order valence-corrected chi connectivity index (χ1v) is 7.35. The molecule has 0 radical (unpaired) electrons. The summed E-state index contributed by atoms with van der Waals surface area (Å²) in [5.41, 5.74) is 0. The van der Waals surface area contributed by atoms with E-state index in [-0.39, 0.29) is 25.4 Å². The number of aliphatic carboxylic acids is 1. The van der Waals surface area contributed by atoms with Gasteiger partial charge in [0.1, 0.15) is 0 Å². The van der Waals surface area contributed by atoms with Crippen molar-refractivity contribution in [1.82, 2.24) is 0 Å². The summed E-state index contributed by atoms with van der Waals surface area (Å²) in [6, 6.07) is 0. The van der Waals surface area contributed by atoms with E-state index in [4.69, 9.17) is 28.8 Å². The number of hydrogen-bond donors (Lipinski definition) is 1. The van der Waals surface area contributed by atoms with Crippen LogP contribution in [0.5, 0.6) is 0 Å². The highest BCUT2D eigenvalue weighted by Gasteiger charge is 2.00. The van der Waals surface area contributed by atoms with E-state index in [2.05, 4.69) is 0 Å². The van der Waals surface area contributed by atoms with Gasteiger partial charge in [-0.3, -0.25) is 9.59 Å². The average molecular weight is 322 g/mol. The summed E-state index contributed by atoms with van der Waals surface area (Å²) in [7, 11) is 0. The van der Waals surface area contributed by atoms with Crippen LogP contribution in [0.25, 0.3) is 0 Å². The van der Waals surface area contributed by atoms with Crippen LogP contribution in [0.3, 0.4) is 0 Å². The number of ether oxygens (including phenoxy) is 5. The minimum atomic E-state index is -0.876. The number of carboxylic acids is 1. The summed E-state index contributed by atoms with van der Waals surface area (Å²) in [6.07, 6.45) is 0.248. The van der Waals surface area contributed by atoms with E-state index in [0.29, 0.717) is 52.9 Å². The third-order valence-corrected chi connectivity index (χ3v) is 2.33. The minimum Gasteiger partial charge on any atom is -0.481 e. The van der Waals surface area contributed by atoms with Crippen LogP contribution in [0.2, 0.25) is 0 Å². The molecule has 1 N–H and O–H groups in total. The highest BCUT2D eigenvalue weighted by Crippen LogP contribution is 1.89. The lowest BCUT2D eigenvalue weighted by Crippen LogP contribution is -2.13. The molecule has 0 aliphatic heterocycles. The van der Waals surface area contributed by atoms with Crippen LogP contribution in [0.15, 0.2) is 0 Å². The zero-order valence-corrected chi connectivity index (χ0v) is 13.1. The third-order valence-electron chi connectivity index (χ3n) is 2.33. The van der Waals surface area contributed by atoms with E-state index >= 15 is 0 Å². The minimum absolute atomic E-state index is 0.000717. The van der Waals surface area contributed by atoms with Crippen LogP contribution < -0.4 is 0 Å². The predicted molar refractivity (Wildman–Crippen MR) is 76.8 cm³/mol. The standard InChI is InChI=1S/C14H26O8/c1-2-22-14(17)4-6-19-8-10-21-12-11-20-9-7-18-5-3-13(15)16/h2-12H2,1H3,(H,15,16). The van der Waals surface area contributed by atoms with Gasteiger partial charge in [-0.1, -0.05) is 0 Å². The summed E-state index contributed by atoms with van der Waals surface area (Å²) in [5, 5.41) is 8.38. The molecule has 0 amide bonds. The van der Waals surface area contributed by atoms with Gasteiger partial charge in [-0.05, 0) is 6.92 Å². The monoisotopic (exact) mass is 322 g/mol. The van der Waals surface area contributed by atoms with E-state index in [1.807, 2.05) is 0 Å². The van der Waals surface area contributed by atoms with E-state index in [1.54, 1.807) is 6.92 Å². The third kappa shape index (κ3) is 16.8. The van der Waals surface area contributed by atoms with Gasteiger partial charge in [-0.15, -0.1) is 0 Å². The van der Waals surface area contributed by atoms with Gasteiger partial charge in [0.15, 0.2) is 0 Å². The maximum absolute atomic E-state index is 11.0. The van der Waals surface area contributed by atoms with E-state index in [1.165, 1.54) is 0 Å². The van der Waals surface area contributed by atoms with Crippen molar-refractivity contribution in [3.63, 3.8) is 0 Å². The molecule has 0 rings (SSSR count). The second-order valence-electron chi connectivity index (χ2n) is 4.15. The van der Waals surface area contributed by atoms with Crippen LogP contribution in [-0.4, -0.2) is 76.5 Å². The summed E-state index contributed by atoms with van der Waals surface area (Å²) in [4.78, 5) is 21.2. The number of carboxylic acid groups (broad SMARTS) is 1. The molecule has 0 aliphatic rings. The van der Waals surface area contributed by atoms with E-state index in [0.717, 1.165) is 0 Å². The molecule has 0 aromatic carbocycles. The fourth-order valence-electron chi connectivity index (χ4n) is 1.31. The van der Waals surface area contributed by atoms with Crippen LogP contribution in [0.1, 0.15) is 19.8 Å². The van der Waals surface area contributed by atoms with E-state index < -0.39 is 5.97 Å². The Morgan fingerprint density at radius 2 is 1.14 bits per heavy atom. The second kappa shape index (κ2) is 16.2. The number of hydrogen-bond acceptors (Lipinski definition) is 7. The molecule has 0 aromatic rings.